The summed E-state index contributed by atoms with van der Waals surface area (Å²) in [5, 5.41) is 17.0. The maximum atomic E-state index is 15.5. The van der Waals surface area contributed by atoms with Crippen molar-refractivity contribution >= 4 is 41.2 Å². The summed E-state index contributed by atoms with van der Waals surface area (Å²) in [6.45, 7) is -0.465. The molecule has 0 spiro atoms. The summed E-state index contributed by atoms with van der Waals surface area (Å²) in [4.78, 5) is 25.7. The van der Waals surface area contributed by atoms with Crippen LogP contribution in [0.3, 0.4) is 0 Å². The van der Waals surface area contributed by atoms with Crippen LogP contribution >= 0.6 is 6.64 Å². The van der Waals surface area contributed by atoms with E-state index in [1.807, 2.05) is 12.1 Å². The van der Waals surface area contributed by atoms with Gasteiger partial charge < -0.3 is 34.7 Å². The molecular formula is C26H32F3N4O7PS. The van der Waals surface area contributed by atoms with Gasteiger partial charge >= 0.3 is 18.6 Å². The Labute approximate surface area is 245 Å². The number of alkyl halides is 3. The fourth-order valence-corrected chi connectivity index (χ4v) is 6.81. The Balaban J connectivity index is 1.64. The number of nitrogens with one attached hydrogen (secondary N) is 2. The number of benzene rings is 2. The van der Waals surface area contributed by atoms with Crippen molar-refractivity contribution in [3.63, 3.8) is 0 Å². The van der Waals surface area contributed by atoms with Crippen LogP contribution in [0, 0.1) is 0 Å². The number of hydrogen-bond donors (Lipinski definition) is 4. The van der Waals surface area contributed by atoms with Crippen LogP contribution in [0.5, 0.6) is 5.75 Å². The first-order chi connectivity index (χ1) is 19.8. The highest BCUT2D eigenvalue weighted by molar-refractivity contribution is 8.09. The van der Waals surface area contributed by atoms with Gasteiger partial charge in [-0.1, -0.05) is 36.4 Å². The van der Waals surface area contributed by atoms with E-state index < -0.39 is 74.1 Å². The van der Waals surface area contributed by atoms with Gasteiger partial charge in [0, 0.05) is 11.6 Å². The quantitative estimate of drug-likeness (QED) is 0.215. The van der Waals surface area contributed by atoms with Crippen LogP contribution < -0.4 is 20.7 Å². The second kappa shape index (κ2) is 12.8. The lowest BCUT2D eigenvalue weighted by Gasteiger charge is -2.35. The number of amides is 2. The summed E-state index contributed by atoms with van der Waals surface area (Å²) in [5.41, 5.74) is 2.54. The molecule has 0 aromatic heterocycles. The van der Waals surface area contributed by atoms with E-state index in [9.17, 15) is 23.5 Å². The largest absolute Gasteiger partial charge is 0.462 e. The van der Waals surface area contributed by atoms with Crippen LogP contribution in [0.15, 0.2) is 54.7 Å². The van der Waals surface area contributed by atoms with Gasteiger partial charge in [0.1, 0.15) is 17.9 Å². The van der Waals surface area contributed by atoms with Gasteiger partial charge in [-0.05, 0) is 50.1 Å². The molecule has 2 amide bonds. The molecule has 2 aliphatic rings. The number of carbonyl (C=O) groups excluding carboxylic acids is 2. The normalized spacial score (nSPS) is 28.1. The zero-order valence-corrected chi connectivity index (χ0v) is 24.6. The number of nitrogens with zero attached hydrogens (tertiary/aromatic N) is 1. The Hall–Kier alpha value is -2.78. The number of hydrogen-bond acceptors (Lipinski definition) is 9. The molecular weight excluding hydrogens is 600 g/mol. The van der Waals surface area contributed by atoms with E-state index in [4.69, 9.17) is 36.1 Å². The number of ether oxygens (including phenoxy) is 2. The second-order valence-corrected chi connectivity index (χ2v) is 13.2. The lowest BCUT2D eigenvalue weighted by molar-refractivity contribution is -0.184. The number of urea groups is 1. The zero-order valence-electron chi connectivity index (χ0n) is 22.9. The molecule has 0 bridgehead atoms. The first-order valence-corrected chi connectivity index (χ1v) is 15.6. The number of esters is 1. The molecule has 0 radical (unpaired) electrons. The van der Waals surface area contributed by atoms with Crippen molar-refractivity contribution in [1.29, 1.82) is 0 Å². The lowest BCUT2D eigenvalue weighted by Crippen LogP contribution is -2.55. The van der Waals surface area contributed by atoms with Gasteiger partial charge in [-0.15, -0.1) is 0 Å². The number of halogens is 3. The van der Waals surface area contributed by atoms with E-state index >= 15 is 4.39 Å². The summed E-state index contributed by atoms with van der Waals surface area (Å²) >= 11 is 5.64. The average molecular weight is 633 g/mol. The molecule has 2 aliphatic heterocycles. The highest BCUT2D eigenvalue weighted by Crippen LogP contribution is 2.50. The summed E-state index contributed by atoms with van der Waals surface area (Å²) in [5.74, 6) is -0.502. The van der Waals surface area contributed by atoms with Crippen LogP contribution in [-0.2, 0) is 30.6 Å². The van der Waals surface area contributed by atoms with Crippen molar-refractivity contribution in [1.82, 2.24) is 15.3 Å². The Morgan fingerprint density at radius 1 is 1.26 bits per heavy atom. The van der Waals surface area contributed by atoms with Gasteiger partial charge in [0.05, 0.1) is 18.9 Å². The van der Waals surface area contributed by atoms with Crippen molar-refractivity contribution < 1.29 is 46.4 Å². The first kappa shape index (κ1) is 32.1. The Kier molecular flexibility index (Phi) is 9.82. The Morgan fingerprint density at radius 2 is 1.95 bits per heavy atom. The molecule has 1 saturated heterocycles. The Bertz CT molecular complexity index is 1380. The van der Waals surface area contributed by atoms with E-state index in [1.54, 1.807) is 44.2 Å². The number of carbonyl (C=O) groups is 2. The van der Waals surface area contributed by atoms with Crippen molar-refractivity contribution in [3.05, 3.63) is 54.7 Å². The van der Waals surface area contributed by atoms with Gasteiger partial charge in [-0.3, -0.25) is 9.69 Å². The molecule has 2 heterocycles. The number of rotatable bonds is 11. The number of aliphatic hydroxyl groups is 1. The number of fused-ring (bicyclic) bond motifs is 1. The molecule has 7 atom stereocenters. The van der Waals surface area contributed by atoms with E-state index in [0.29, 0.717) is 5.39 Å². The predicted octanol–water partition coefficient (Wildman–Crippen LogP) is 3.27. The minimum absolute atomic E-state index is 0.216. The van der Waals surface area contributed by atoms with E-state index in [-0.39, 0.29) is 5.75 Å². The Morgan fingerprint density at radius 3 is 2.62 bits per heavy atom. The molecule has 5 N–H and O–H groups in total. The van der Waals surface area contributed by atoms with E-state index in [1.165, 1.54) is 13.0 Å². The fourth-order valence-electron chi connectivity index (χ4n) is 4.39. The van der Waals surface area contributed by atoms with Gasteiger partial charge in [0.15, 0.2) is 18.0 Å². The topological polar surface area (TPSA) is 145 Å². The average Bonchev–Trinajstić information content (AvgIpc) is 3.18. The molecule has 16 heteroatoms. The monoisotopic (exact) mass is 632 g/mol. The molecule has 42 heavy (non-hydrogen) atoms. The van der Waals surface area contributed by atoms with Crippen molar-refractivity contribution in [2.75, 3.05) is 6.61 Å². The van der Waals surface area contributed by atoms with Gasteiger partial charge in [0.25, 0.3) is 6.43 Å². The molecule has 2 aromatic rings. The summed E-state index contributed by atoms with van der Waals surface area (Å²) < 4.78 is 67.1. The summed E-state index contributed by atoms with van der Waals surface area (Å²) in [6, 6.07) is 10.2. The third-order valence-electron chi connectivity index (χ3n) is 6.51. The third kappa shape index (κ3) is 6.72. The van der Waals surface area contributed by atoms with Crippen molar-refractivity contribution in [2.45, 2.75) is 69.6 Å². The fraction of sp³-hybridized carbons (Fsp3) is 0.462. The van der Waals surface area contributed by atoms with Crippen LogP contribution in [0.1, 0.15) is 20.8 Å². The van der Waals surface area contributed by atoms with Gasteiger partial charge in [-0.25, -0.2) is 23.1 Å². The van der Waals surface area contributed by atoms with Crippen LogP contribution in [0.25, 0.3) is 10.8 Å². The third-order valence-corrected chi connectivity index (χ3v) is 8.97. The molecule has 1 fully saturated rings. The molecule has 0 saturated carbocycles. The summed E-state index contributed by atoms with van der Waals surface area (Å²) in [6.07, 6.45) is -9.23. The second-order valence-electron chi connectivity index (χ2n) is 10.1. The van der Waals surface area contributed by atoms with Crippen molar-refractivity contribution in [3.8, 4) is 5.75 Å². The maximum absolute atomic E-state index is 15.5. The van der Waals surface area contributed by atoms with E-state index in [2.05, 4.69) is 10.4 Å². The SMILES string of the molecule is CC(C)OC(=O)[C@H](C)NP(=S)(OC[C@@]1(C(F)F)O[C@@H](N2C=CC(N)NC2=O)[C@H](O)[C@H]1F)Oc1cccc2ccccc12. The highest BCUT2D eigenvalue weighted by atomic mass is 32.5. The lowest BCUT2D eigenvalue weighted by atomic mass is 9.98. The standard InChI is InChI=1S/C26H32F3N4O7PS/c1-14(2)38-23(35)15(3)32-41(42,40-18-10-6-8-16-7-4-5-9-17(16)18)37-13-26(24(28)29)21(27)20(34)22(39-26)33-12-11-19(30)31-25(33)36/h4-12,14-15,19-22,24,34H,13,30H2,1-3H3,(H,31,36)(H,32,42)/t15-,19?,20+,21+,22+,26+,41?/m0/s1. The minimum Gasteiger partial charge on any atom is -0.462 e. The molecule has 11 nitrogen and oxygen atoms in total. The smallest absolute Gasteiger partial charge is 0.325 e. The molecule has 0 aliphatic carbocycles. The molecule has 4 rings (SSSR count). The molecule has 230 valence electrons. The minimum atomic E-state index is -3.95. The highest BCUT2D eigenvalue weighted by Gasteiger charge is 2.63. The maximum Gasteiger partial charge on any atom is 0.325 e. The van der Waals surface area contributed by atoms with Gasteiger partial charge in [0.2, 0.25) is 0 Å². The number of nitrogens with two attached hydrogens (primary N) is 1. The molecule has 2 unspecified atom stereocenters. The van der Waals surface area contributed by atoms with Gasteiger partial charge in [-0.2, -0.15) is 0 Å². The molecule has 2 aromatic carbocycles. The number of aliphatic hydroxyl groups excluding tert-OH is 1. The van der Waals surface area contributed by atoms with Crippen LogP contribution in [0.2, 0.25) is 0 Å². The van der Waals surface area contributed by atoms with Crippen LogP contribution in [0.4, 0.5) is 18.0 Å². The van der Waals surface area contributed by atoms with Crippen molar-refractivity contribution in [2.24, 2.45) is 5.73 Å². The zero-order chi connectivity index (χ0) is 30.8. The summed E-state index contributed by atoms with van der Waals surface area (Å²) in [7, 11) is 0. The van der Waals surface area contributed by atoms with Crippen LogP contribution in [-0.4, -0.2) is 77.5 Å². The van der Waals surface area contributed by atoms with E-state index in [0.717, 1.165) is 16.5 Å². The predicted molar refractivity (Wildman–Crippen MR) is 151 cm³/mol. The first-order valence-electron chi connectivity index (χ1n) is 13.0.